The SMILES string of the molecule is CCCCCCCCCCC/C=C/[P]/C=C/CCCCCCCCCCC. The molecule has 159 valence electrons. The first-order chi connectivity index (χ1) is 13.4. The van der Waals surface area contributed by atoms with Crippen LogP contribution < -0.4 is 0 Å². The van der Waals surface area contributed by atoms with E-state index in [1.165, 1.54) is 137 Å². The zero-order valence-corrected chi connectivity index (χ0v) is 19.8. The lowest BCUT2D eigenvalue weighted by molar-refractivity contribution is 0.566. The van der Waals surface area contributed by atoms with Gasteiger partial charge < -0.3 is 0 Å². The van der Waals surface area contributed by atoms with E-state index in [0.717, 1.165) is 0 Å². The topological polar surface area (TPSA) is 0 Å². The number of hydrogen-bond acceptors (Lipinski definition) is 0. The summed E-state index contributed by atoms with van der Waals surface area (Å²) in [6.45, 7) is 4.58. The first-order valence-electron chi connectivity index (χ1n) is 12.4. The van der Waals surface area contributed by atoms with Gasteiger partial charge in [0.15, 0.2) is 0 Å². The zero-order chi connectivity index (χ0) is 19.7. The Labute approximate surface area is 174 Å². The average Bonchev–Trinajstić information content (AvgIpc) is 2.68. The van der Waals surface area contributed by atoms with Crippen LogP contribution in [-0.4, -0.2) is 0 Å². The molecule has 0 fully saturated rings. The molecule has 0 aliphatic carbocycles. The molecule has 0 bridgehead atoms. The molecule has 0 nitrogen and oxygen atoms in total. The van der Waals surface area contributed by atoms with Gasteiger partial charge in [0.2, 0.25) is 0 Å². The fraction of sp³-hybridized carbons (Fsp3) is 0.846. The minimum atomic E-state index is 1.27. The van der Waals surface area contributed by atoms with Crippen LogP contribution in [0.25, 0.3) is 0 Å². The minimum Gasteiger partial charge on any atom is -0.0834 e. The van der Waals surface area contributed by atoms with Gasteiger partial charge in [0.05, 0.1) is 0 Å². The van der Waals surface area contributed by atoms with Gasteiger partial charge >= 0.3 is 0 Å². The molecule has 0 amide bonds. The highest BCUT2D eigenvalue weighted by atomic mass is 31.1. The zero-order valence-electron chi connectivity index (χ0n) is 18.9. The lowest BCUT2D eigenvalue weighted by atomic mass is 10.1. The van der Waals surface area contributed by atoms with E-state index in [9.17, 15) is 0 Å². The number of rotatable bonds is 22. The van der Waals surface area contributed by atoms with Crippen molar-refractivity contribution < 1.29 is 0 Å². The van der Waals surface area contributed by atoms with Gasteiger partial charge in [-0.1, -0.05) is 140 Å². The Balaban J connectivity index is 3.14. The summed E-state index contributed by atoms with van der Waals surface area (Å²) >= 11 is 0. The van der Waals surface area contributed by atoms with Gasteiger partial charge in [0.25, 0.3) is 0 Å². The summed E-state index contributed by atoms with van der Waals surface area (Å²) in [6.07, 6.45) is 33.0. The maximum atomic E-state index is 2.38. The Kier molecular flexibility index (Phi) is 25.8. The van der Waals surface area contributed by atoms with Crippen molar-refractivity contribution in [2.24, 2.45) is 0 Å². The van der Waals surface area contributed by atoms with E-state index in [2.05, 4.69) is 37.6 Å². The molecule has 0 atom stereocenters. The fourth-order valence-corrected chi connectivity index (χ4v) is 4.11. The Morgan fingerprint density at radius 1 is 0.407 bits per heavy atom. The van der Waals surface area contributed by atoms with Crippen molar-refractivity contribution >= 4 is 8.58 Å². The molecular weight excluding hydrogens is 343 g/mol. The van der Waals surface area contributed by atoms with Gasteiger partial charge in [0.1, 0.15) is 0 Å². The van der Waals surface area contributed by atoms with Gasteiger partial charge in [-0.2, -0.15) is 0 Å². The normalized spacial score (nSPS) is 11.9. The molecule has 0 aromatic carbocycles. The second-order valence-corrected chi connectivity index (χ2v) is 9.05. The van der Waals surface area contributed by atoms with Crippen molar-refractivity contribution in [2.75, 3.05) is 0 Å². The smallest absolute Gasteiger partial charge is 0.0267 e. The quantitative estimate of drug-likeness (QED) is 0.127. The van der Waals surface area contributed by atoms with E-state index in [1.807, 2.05) is 0 Å². The van der Waals surface area contributed by atoms with Crippen LogP contribution in [0.15, 0.2) is 23.8 Å². The highest BCUT2D eigenvalue weighted by molar-refractivity contribution is 7.45. The summed E-state index contributed by atoms with van der Waals surface area (Å²) in [6, 6.07) is 0. The van der Waals surface area contributed by atoms with Crippen LogP contribution in [-0.2, 0) is 0 Å². The Morgan fingerprint density at radius 3 is 1.04 bits per heavy atom. The highest BCUT2D eigenvalue weighted by Crippen LogP contribution is 2.17. The van der Waals surface area contributed by atoms with Crippen LogP contribution in [0.2, 0.25) is 0 Å². The molecule has 0 N–H and O–H groups in total. The minimum absolute atomic E-state index is 1.27. The molecule has 0 saturated carbocycles. The van der Waals surface area contributed by atoms with Gasteiger partial charge in [-0.05, 0) is 34.3 Å². The summed E-state index contributed by atoms with van der Waals surface area (Å²) in [5.41, 5.74) is 0. The van der Waals surface area contributed by atoms with E-state index < -0.39 is 0 Å². The van der Waals surface area contributed by atoms with Crippen LogP contribution in [0.1, 0.15) is 142 Å². The third-order valence-corrected chi connectivity index (χ3v) is 6.10. The maximum Gasteiger partial charge on any atom is -0.0267 e. The lowest BCUT2D eigenvalue weighted by Crippen LogP contribution is -1.80. The molecule has 0 spiro atoms. The van der Waals surface area contributed by atoms with Crippen LogP contribution >= 0.6 is 8.58 Å². The maximum absolute atomic E-state index is 2.38. The largest absolute Gasteiger partial charge is 0.0834 e. The van der Waals surface area contributed by atoms with E-state index in [1.54, 1.807) is 0 Å². The van der Waals surface area contributed by atoms with Crippen molar-refractivity contribution in [1.29, 1.82) is 0 Å². The predicted molar refractivity (Wildman–Crippen MR) is 129 cm³/mol. The summed E-state index contributed by atoms with van der Waals surface area (Å²) in [5, 5.41) is 0. The third kappa shape index (κ3) is 25.9. The van der Waals surface area contributed by atoms with Crippen LogP contribution in [0.5, 0.6) is 0 Å². The number of allylic oxidation sites excluding steroid dienone is 2. The summed E-state index contributed by atoms with van der Waals surface area (Å²) in [5.74, 6) is 4.66. The molecule has 1 heteroatoms. The Bertz CT molecular complexity index is 275. The fourth-order valence-electron chi connectivity index (χ4n) is 3.47. The molecule has 0 aromatic rings. The predicted octanol–water partition coefficient (Wildman–Crippen LogP) is 10.8. The van der Waals surface area contributed by atoms with Crippen molar-refractivity contribution in [2.45, 2.75) is 142 Å². The molecule has 0 aromatic heterocycles. The molecular formula is C26H50P. The molecule has 0 aliphatic heterocycles. The first-order valence-corrected chi connectivity index (χ1v) is 13.4. The van der Waals surface area contributed by atoms with Crippen LogP contribution in [0.4, 0.5) is 0 Å². The molecule has 0 heterocycles. The van der Waals surface area contributed by atoms with Crippen molar-refractivity contribution in [3.8, 4) is 0 Å². The highest BCUT2D eigenvalue weighted by Gasteiger charge is 1.92. The molecule has 0 aliphatic rings. The summed E-state index contributed by atoms with van der Waals surface area (Å²) < 4.78 is 0. The van der Waals surface area contributed by atoms with Crippen molar-refractivity contribution in [3.63, 3.8) is 0 Å². The second kappa shape index (κ2) is 25.9. The standard InChI is InChI=1S/C26H50P/c1-3-5-7-9-11-13-15-17-19-21-23-25-27-26-24-22-20-18-16-14-12-10-8-6-4-2/h23-26H,3-22H2,1-2H3/b25-23+,26-24+. The summed E-state index contributed by atoms with van der Waals surface area (Å²) in [4.78, 5) is 0. The van der Waals surface area contributed by atoms with Crippen molar-refractivity contribution in [1.82, 2.24) is 0 Å². The molecule has 27 heavy (non-hydrogen) atoms. The molecule has 0 saturated heterocycles. The number of hydrogen-bond donors (Lipinski definition) is 0. The number of unbranched alkanes of at least 4 members (excludes halogenated alkanes) is 18. The third-order valence-electron chi connectivity index (χ3n) is 5.33. The monoisotopic (exact) mass is 393 g/mol. The van der Waals surface area contributed by atoms with Gasteiger partial charge in [-0.25, -0.2) is 0 Å². The van der Waals surface area contributed by atoms with Gasteiger partial charge in [0, 0.05) is 0 Å². The Morgan fingerprint density at radius 2 is 0.704 bits per heavy atom. The Hall–Kier alpha value is -0.0900. The molecule has 0 unspecified atom stereocenters. The van der Waals surface area contributed by atoms with Gasteiger partial charge in [-0.15, -0.1) is 0 Å². The lowest BCUT2D eigenvalue weighted by Gasteiger charge is -2.00. The van der Waals surface area contributed by atoms with Crippen LogP contribution in [0.3, 0.4) is 0 Å². The van der Waals surface area contributed by atoms with E-state index in [4.69, 9.17) is 0 Å². The van der Waals surface area contributed by atoms with Gasteiger partial charge in [-0.3, -0.25) is 0 Å². The van der Waals surface area contributed by atoms with Crippen molar-refractivity contribution in [3.05, 3.63) is 23.8 Å². The van der Waals surface area contributed by atoms with E-state index in [-0.39, 0.29) is 0 Å². The molecule has 1 radical (unpaired) electrons. The van der Waals surface area contributed by atoms with Crippen LogP contribution in [0, 0.1) is 0 Å². The average molecular weight is 394 g/mol. The molecule has 0 rings (SSSR count). The first kappa shape index (κ1) is 26.9. The summed E-state index contributed by atoms with van der Waals surface area (Å²) in [7, 11) is 1.37. The second-order valence-electron chi connectivity index (χ2n) is 8.15. The van der Waals surface area contributed by atoms with E-state index >= 15 is 0 Å². The van der Waals surface area contributed by atoms with E-state index in [0.29, 0.717) is 0 Å².